The number of hydrogen-bond donors (Lipinski definition) is 0. The molecule has 0 aromatic heterocycles. The van der Waals surface area contributed by atoms with Gasteiger partial charge in [-0.05, 0) is 42.0 Å². The number of aliphatic imine (C=N–C) groups is 1. The maximum atomic E-state index is 12.1. The summed E-state index contributed by atoms with van der Waals surface area (Å²) in [6.07, 6.45) is 1.58. The average molecular weight is 334 g/mol. The Kier molecular flexibility index (Phi) is 4.48. The zero-order valence-corrected chi connectivity index (χ0v) is 13.6. The molecule has 0 atom stereocenters. The lowest BCUT2D eigenvalue weighted by Crippen LogP contribution is -2.06. The van der Waals surface area contributed by atoms with Crippen molar-refractivity contribution in [3.8, 4) is 17.6 Å². The first kappa shape index (κ1) is 16.3. The Morgan fingerprint density at radius 3 is 2.64 bits per heavy atom. The van der Waals surface area contributed by atoms with Crippen LogP contribution in [0.3, 0.4) is 0 Å². The van der Waals surface area contributed by atoms with Crippen molar-refractivity contribution in [3.05, 3.63) is 64.9 Å². The molecule has 25 heavy (non-hydrogen) atoms. The molecule has 0 aliphatic carbocycles. The van der Waals surface area contributed by atoms with Crippen molar-refractivity contribution < 1.29 is 19.0 Å². The van der Waals surface area contributed by atoms with E-state index in [1.807, 2.05) is 0 Å². The predicted octanol–water partition coefficient (Wildman–Crippen LogP) is 2.92. The van der Waals surface area contributed by atoms with Gasteiger partial charge in [-0.3, -0.25) is 0 Å². The molecule has 0 bridgehead atoms. The van der Waals surface area contributed by atoms with Gasteiger partial charge in [0.05, 0.1) is 25.9 Å². The Morgan fingerprint density at radius 1 is 1.12 bits per heavy atom. The van der Waals surface area contributed by atoms with Crippen LogP contribution in [0.25, 0.3) is 6.08 Å². The second-order valence-electron chi connectivity index (χ2n) is 5.14. The van der Waals surface area contributed by atoms with Crippen LogP contribution in [0, 0.1) is 11.3 Å². The lowest BCUT2D eigenvalue weighted by atomic mass is 10.1. The summed E-state index contributed by atoms with van der Waals surface area (Å²) >= 11 is 0. The quantitative estimate of drug-likeness (QED) is 0.634. The van der Waals surface area contributed by atoms with Crippen molar-refractivity contribution in [1.29, 1.82) is 5.26 Å². The Bertz CT molecular complexity index is 939. The number of methoxy groups -OCH3 is 2. The number of nitrogens with zero attached hydrogens (tertiary/aromatic N) is 2. The van der Waals surface area contributed by atoms with E-state index in [1.54, 1.807) is 55.7 Å². The Labute approximate surface area is 144 Å². The van der Waals surface area contributed by atoms with Gasteiger partial charge in [0.25, 0.3) is 0 Å². The molecule has 2 aromatic rings. The van der Waals surface area contributed by atoms with E-state index in [0.29, 0.717) is 28.2 Å². The summed E-state index contributed by atoms with van der Waals surface area (Å²) in [4.78, 5) is 16.3. The molecule has 2 aromatic carbocycles. The van der Waals surface area contributed by atoms with Crippen LogP contribution in [0.2, 0.25) is 0 Å². The highest BCUT2D eigenvalue weighted by molar-refractivity contribution is 6.13. The number of cyclic esters (lactones) is 1. The molecule has 0 amide bonds. The number of nitriles is 1. The third-order valence-corrected chi connectivity index (χ3v) is 3.57. The van der Waals surface area contributed by atoms with Crippen molar-refractivity contribution in [2.45, 2.75) is 0 Å². The first-order valence-electron chi connectivity index (χ1n) is 7.39. The smallest absolute Gasteiger partial charge is 0.363 e. The molecular formula is C19H14N2O4. The zero-order chi connectivity index (χ0) is 17.8. The molecule has 0 fully saturated rings. The number of hydrogen-bond acceptors (Lipinski definition) is 6. The molecule has 0 spiro atoms. The number of ether oxygens (including phenoxy) is 3. The van der Waals surface area contributed by atoms with Crippen molar-refractivity contribution in [1.82, 2.24) is 0 Å². The van der Waals surface area contributed by atoms with Gasteiger partial charge in [-0.15, -0.1) is 0 Å². The van der Waals surface area contributed by atoms with E-state index >= 15 is 0 Å². The van der Waals surface area contributed by atoms with Crippen LogP contribution in [0.5, 0.6) is 11.5 Å². The summed E-state index contributed by atoms with van der Waals surface area (Å²) in [5.74, 6) is 0.721. The van der Waals surface area contributed by atoms with Gasteiger partial charge < -0.3 is 14.2 Å². The van der Waals surface area contributed by atoms with E-state index in [9.17, 15) is 4.79 Å². The second kappa shape index (κ2) is 6.89. The summed E-state index contributed by atoms with van der Waals surface area (Å²) in [6, 6.07) is 14.1. The van der Waals surface area contributed by atoms with Crippen LogP contribution < -0.4 is 9.47 Å². The maximum absolute atomic E-state index is 12.1. The van der Waals surface area contributed by atoms with Crippen molar-refractivity contribution in [2.75, 3.05) is 14.2 Å². The summed E-state index contributed by atoms with van der Waals surface area (Å²) in [7, 11) is 3.07. The molecule has 1 heterocycles. The van der Waals surface area contributed by atoms with E-state index in [1.165, 1.54) is 7.11 Å². The summed E-state index contributed by atoms with van der Waals surface area (Å²) in [5, 5.41) is 8.95. The molecule has 1 aliphatic heterocycles. The zero-order valence-electron chi connectivity index (χ0n) is 13.6. The van der Waals surface area contributed by atoms with E-state index in [4.69, 9.17) is 19.5 Å². The minimum atomic E-state index is -0.549. The molecule has 6 nitrogen and oxygen atoms in total. The van der Waals surface area contributed by atoms with Crippen molar-refractivity contribution in [3.63, 3.8) is 0 Å². The number of carbonyl (C=O) groups excluding carboxylic acids is 1. The molecule has 0 radical (unpaired) electrons. The van der Waals surface area contributed by atoms with Crippen LogP contribution in [0.15, 0.2) is 53.2 Å². The fraction of sp³-hybridized carbons (Fsp3) is 0.105. The van der Waals surface area contributed by atoms with Gasteiger partial charge >= 0.3 is 5.97 Å². The largest absolute Gasteiger partial charge is 0.493 e. The third kappa shape index (κ3) is 3.35. The van der Waals surface area contributed by atoms with Crippen LogP contribution in [-0.4, -0.2) is 26.1 Å². The average Bonchev–Trinajstić information content (AvgIpc) is 3.01. The highest BCUT2D eigenvalue weighted by Crippen LogP contribution is 2.29. The van der Waals surface area contributed by atoms with E-state index in [-0.39, 0.29) is 11.6 Å². The molecule has 124 valence electrons. The van der Waals surface area contributed by atoms with Crippen molar-refractivity contribution in [2.24, 2.45) is 4.99 Å². The monoisotopic (exact) mass is 334 g/mol. The number of esters is 1. The Balaban J connectivity index is 1.95. The first-order chi connectivity index (χ1) is 12.1. The van der Waals surface area contributed by atoms with Gasteiger partial charge in [0.1, 0.15) is 0 Å². The molecule has 0 unspecified atom stereocenters. The Hall–Kier alpha value is -3.59. The molecule has 0 saturated heterocycles. The minimum absolute atomic E-state index is 0.167. The molecular weight excluding hydrogens is 320 g/mol. The van der Waals surface area contributed by atoms with E-state index in [0.717, 1.165) is 0 Å². The van der Waals surface area contributed by atoms with Gasteiger partial charge in [-0.1, -0.05) is 12.1 Å². The van der Waals surface area contributed by atoms with Gasteiger partial charge in [-0.2, -0.15) is 5.26 Å². The highest BCUT2D eigenvalue weighted by Gasteiger charge is 2.25. The lowest BCUT2D eigenvalue weighted by molar-refractivity contribution is -0.129. The topological polar surface area (TPSA) is 80.9 Å². The maximum Gasteiger partial charge on any atom is 0.363 e. The van der Waals surface area contributed by atoms with E-state index in [2.05, 4.69) is 11.1 Å². The van der Waals surface area contributed by atoms with Crippen LogP contribution in [0.1, 0.15) is 16.7 Å². The molecule has 1 aliphatic rings. The van der Waals surface area contributed by atoms with Gasteiger partial charge in [0.15, 0.2) is 17.2 Å². The minimum Gasteiger partial charge on any atom is -0.493 e. The van der Waals surface area contributed by atoms with Gasteiger partial charge in [0.2, 0.25) is 5.90 Å². The number of carbonyl (C=O) groups is 1. The van der Waals surface area contributed by atoms with Gasteiger partial charge in [-0.25, -0.2) is 9.79 Å². The lowest BCUT2D eigenvalue weighted by Gasteiger charge is -2.08. The van der Waals surface area contributed by atoms with Crippen LogP contribution in [-0.2, 0) is 9.53 Å². The summed E-state index contributed by atoms with van der Waals surface area (Å²) < 4.78 is 15.7. The van der Waals surface area contributed by atoms with Crippen LogP contribution in [0.4, 0.5) is 0 Å². The third-order valence-electron chi connectivity index (χ3n) is 3.57. The highest BCUT2D eigenvalue weighted by atomic mass is 16.6. The standard InChI is InChI=1S/C19H14N2O4/c1-23-16-7-6-14(10-17(16)24-2)18-21-15(19(22)25-18)9-12-4-3-5-13(8-12)11-20/h3-10H,1-2H3. The summed E-state index contributed by atoms with van der Waals surface area (Å²) in [5.41, 5.74) is 1.97. The van der Waals surface area contributed by atoms with Crippen molar-refractivity contribution >= 4 is 17.9 Å². The Morgan fingerprint density at radius 2 is 1.92 bits per heavy atom. The molecule has 3 rings (SSSR count). The van der Waals surface area contributed by atoms with Crippen LogP contribution >= 0.6 is 0 Å². The fourth-order valence-corrected chi connectivity index (χ4v) is 2.36. The second-order valence-corrected chi connectivity index (χ2v) is 5.14. The van der Waals surface area contributed by atoms with E-state index < -0.39 is 5.97 Å². The number of rotatable bonds is 4. The predicted molar refractivity (Wildman–Crippen MR) is 91.3 cm³/mol. The van der Waals surface area contributed by atoms with Gasteiger partial charge in [0, 0.05) is 5.56 Å². The molecule has 6 heteroatoms. The SMILES string of the molecule is COc1ccc(C2=NC(=Cc3cccc(C#N)c3)C(=O)O2)cc1OC. The normalized spacial score (nSPS) is 14.7. The number of benzene rings is 2. The first-order valence-corrected chi connectivity index (χ1v) is 7.39. The molecule has 0 saturated carbocycles. The summed E-state index contributed by atoms with van der Waals surface area (Å²) in [6.45, 7) is 0. The molecule has 0 N–H and O–H groups in total. The fourth-order valence-electron chi connectivity index (χ4n) is 2.36.